The van der Waals surface area contributed by atoms with E-state index in [1.165, 1.54) is 0 Å². The summed E-state index contributed by atoms with van der Waals surface area (Å²) in [6, 6.07) is 7.20. The predicted molar refractivity (Wildman–Crippen MR) is 66.2 cm³/mol. The predicted octanol–water partition coefficient (Wildman–Crippen LogP) is 1.96. The first-order chi connectivity index (χ1) is 8.13. The van der Waals surface area contributed by atoms with Gasteiger partial charge in [0.25, 0.3) is 0 Å². The van der Waals surface area contributed by atoms with Gasteiger partial charge in [-0.05, 0) is 25.6 Å². The second kappa shape index (κ2) is 4.51. The summed E-state index contributed by atoms with van der Waals surface area (Å²) in [5.74, 6) is -0.916. The van der Waals surface area contributed by atoms with E-state index in [0.717, 1.165) is 16.8 Å². The number of hydrogen-bond acceptors (Lipinski definition) is 3. The second-order valence-corrected chi connectivity index (χ2v) is 3.97. The lowest BCUT2D eigenvalue weighted by molar-refractivity contribution is 0.0699. The number of hydrogen-bond donors (Lipinski definition) is 2. The van der Waals surface area contributed by atoms with E-state index in [-0.39, 0.29) is 0 Å². The summed E-state index contributed by atoms with van der Waals surface area (Å²) in [6.07, 6.45) is 0. The number of para-hydroxylation sites is 1. The first-order valence-electron chi connectivity index (χ1n) is 5.40. The van der Waals surface area contributed by atoms with Gasteiger partial charge >= 0.3 is 5.97 Å². The van der Waals surface area contributed by atoms with E-state index in [1.54, 1.807) is 12.1 Å². The van der Waals surface area contributed by atoms with Crippen molar-refractivity contribution in [1.82, 2.24) is 10.3 Å². The van der Waals surface area contributed by atoms with Gasteiger partial charge in [0.15, 0.2) is 0 Å². The van der Waals surface area contributed by atoms with Crippen LogP contribution in [0.4, 0.5) is 0 Å². The third-order valence-electron chi connectivity index (χ3n) is 2.68. The molecular formula is C13H14N2O2. The minimum Gasteiger partial charge on any atom is -0.478 e. The smallest absolute Gasteiger partial charge is 0.336 e. The standard InChI is InChI=1S/C13H14N2O2/c1-8-4-3-5-10-11(13(16)17)6-9(7-14-2)15-12(8)10/h3-6,14H,7H2,1-2H3,(H,16,17). The normalized spacial score (nSPS) is 10.7. The monoisotopic (exact) mass is 230 g/mol. The molecule has 0 atom stereocenters. The quantitative estimate of drug-likeness (QED) is 0.846. The molecule has 2 N–H and O–H groups in total. The Kier molecular flexibility index (Phi) is 3.06. The average molecular weight is 230 g/mol. The molecule has 2 aromatic rings. The molecule has 0 aliphatic carbocycles. The highest BCUT2D eigenvalue weighted by Gasteiger charge is 2.12. The lowest BCUT2D eigenvalue weighted by Crippen LogP contribution is -2.09. The minimum atomic E-state index is -0.916. The third kappa shape index (κ3) is 2.12. The molecule has 4 nitrogen and oxygen atoms in total. The second-order valence-electron chi connectivity index (χ2n) is 3.97. The maximum absolute atomic E-state index is 11.2. The van der Waals surface area contributed by atoms with Crippen molar-refractivity contribution in [1.29, 1.82) is 0 Å². The minimum absolute atomic E-state index is 0.309. The molecule has 0 fully saturated rings. The molecule has 0 unspecified atom stereocenters. The number of carbonyl (C=O) groups is 1. The zero-order valence-electron chi connectivity index (χ0n) is 9.82. The number of aryl methyl sites for hydroxylation is 1. The van der Waals surface area contributed by atoms with Crippen LogP contribution in [0.15, 0.2) is 24.3 Å². The van der Waals surface area contributed by atoms with Crippen molar-refractivity contribution in [2.24, 2.45) is 0 Å². The molecule has 0 spiro atoms. The maximum Gasteiger partial charge on any atom is 0.336 e. The Bertz CT molecular complexity index is 579. The lowest BCUT2D eigenvalue weighted by Gasteiger charge is -2.08. The Morgan fingerprint density at radius 1 is 1.47 bits per heavy atom. The van der Waals surface area contributed by atoms with Gasteiger partial charge < -0.3 is 10.4 Å². The third-order valence-corrected chi connectivity index (χ3v) is 2.68. The summed E-state index contributed by atoms with van der Waals surface area (Å²) in [6.45, 7) is 2.49. The molecule has 0 radical (unpaired) electrons. The Morgan fingerprint density at radius 2 is 2.24 bits per heavy atom. The topological polar surface area (TPSA) is 62.2 Å². The first-order valence-corrected chi connectivity index (χ1v) is 5.40. The van der Waals surface area contributed by atoms with Crippen LogP contribution in [0.1, 0.15) is 21.6 Å². The highest BCUT2D eigenvalue weighted by atomic mass is 16.4. The van der Waals surface area contributed by atoms with E-state index >= 15 is 0 Å². The van der Waals surface area contributed by atoms with E-state index in [9.17, 15) is 9.90 Å². The van der Waals surface area contributed by atoms with Crippen LogP contribution in [0.2, 0.25) is 0 Å². The molecule has 0 aliphatic heterocycles. The molecule has 0 bridgehead atoms. The number of benzene rings is 1. The number of aromatic nitrogens is 1. The highest BCUT2D eigenvalue weighted by molar-refractivity contribution is 6.03. The molecule has 17 heavy (non-hydrogen) atoms. The number of rotatable bonds is 3. The summed E-state index contributed by atoms with van der Waals surface area (Å²) < 4.78 is 0. The van der Waals surface area contributed by atoms with Crippen molar-refractivity contribution in [3.63, 3.8) is 0 Å². The van der Waals surface area contributed by atoms with Crippen LogP contribution < -0.4 is 5.32 Å². The summed E-state index contributed by atoms with van der Waals surface area (Å²) in [5, 5.41) is 12.9. The van der Waals surface area contributed by atoms with Crippen LogP contribution >= 0.6 is 0 Å². The first kappa shape index (κ1) is 11.5. The van der Waals surface area contributed by atoms with E-state index in [0.29, 0.717) is 17.5 Å². The molecular weight excluding hydrogens is 216 g/mol. The summed E-state index contributed by atoms with van der Waals surface area (Å²) in [7, 11) is 1.81. The molecule has 0 amide bonds. The van der Waals surface area contributed by atoms with Crippen LogP contribution in [-0.2, 0) is 6.54 Å². The summed E-state index contributed by atoms with van der Waals surface area (Å²) in [5.41, 5.74) is 2.80. The van der Waals surface area contributed by atoms with Crippen LogP contribution in [-0.4, -0.2) is 23.1 Å². The number of pyridine rings is 1. The van der Waals surface area contributed by atoms with E-state index < -0.39 is 5.97 Å². The maximum atomic E-state index is 11.2. The largest absolute Gasteiger partial charge is 0.478 e. The SMILES string of the molecule is CNCc1cc(C(=O)O)c2cccc(C)c2n1. The fourth-order valence-electron chi connectivity index (χ4n) is 1.89. The zero-order valence-corrected chi connectivity index (χ0v) is 9.82. The number of fused-ring (bicyclic) bond motifs is 1. The number of carboxylic acid groups (broad SMARTS) is 1. The Balaban J connectivity index is 2.76. The van der Waals surface area contributed by atoms with Crippen LogP contribution in [0.3, 0.4) is 0 Å². The van der Waals surface area contributed by atoms with Crippen LogP contribution in [0.25, 0.3) is 10.9 Å². The molecule has 1 aromatic heterocycles. The molecule has 1 heterocycles. The number of nitrogens with one attached hydrogen (secondary N) is 1. The van der Waals surface area contributed by atoms with E-state index in [4.69, 9.17) is 0 Å². The summed E-state index contributed by atoms with van der Waals surface area (Å²) >= 11 is 0. The molecule has 1 aromatic carbocycles. The van der Waals surface area contributed by atoms with Gasteiger partial charge in [-0.15, -0.1) is 0 Å². The molecule has 2 rings (SSSR count). The van der Waals surface area contributed by atoms with Gasteiger partial charge in [-0.2, -0.15) is 0 Å². The van der Waals surface area contributed by atoms with Crippen molar-refractivity contribution in [3.8, 4) is 0 Å². The molecule has 0 saturated heterocycles. The van der Waals surface area contributed by atoms with E-state index in [2.05, 4.69) is 10.3 Å². The average Bonchev–Trinajstić information content (AvgIpc) is 2.29. The van der Waals surface area contributed by atoms with E-state index in [1.807, 2.05) is 26.1 Å². The number of carboxylic acids is 1. The summed E-state index contributed by atoms with van der Waals surface area (Å²) in [4.78, 5) is 15.7. The van der Waals surface area contributed by atoms with Crippen LogP contribution in [0, 0.1) is 6.92 Å². The molecule has 88 valence electrons. The van der Waals surface area contributed by atoms with Crippen molar-refractivity contribution < 1.29 is 9.90 Å². The fraction of sp³-hybridized carbons (Fsp3) is 0.231. The van der Waals surface area contributed by atoms with Gasteiger partial charge in [-0.25, -0.2) is 4.79 Å². The Hall–Kier alpha value is -1.94. The van der Waals surface area contributed by atoms with Gasteiger partial charge in [0.05, 0.1) is 16.8 Å². The molecule has 4 heteroatoms. The fourth-order valence-corrected chi connectivity index (χ4v) is 1.89. The van der Waals surface area contributed by atoms with Gasteiger partial charge in [0, 0.05) is 11.9 Å². The Morgan fingerprint density at radius 3 is 2.88 bits per heavy atom. The number of aromatic carboxylic acids is 1. The number of nitrogens with zero attached hydrogens (tertiary/aromatic N) is 1. The van der Waals surface area contributed by atoms with Gasteiger partial charge in [0.2, 0.25) is 0 Å². The van der Waals surface area contributed by atoms with Gasteiger partial charge in [-0.1, -0.05) is 18.2 Å². The zero-order chi connectivity index (χ0) is 12.4. The molecule has 0 aliphatic rings. The van der Waals surface area contributed by atoms with Crippen molar-refractivity contribution in [2.45, 2.75) is 13.5 Å². The molecule has 0 saturated carbocycles. The van der Waals surface area contributed by atoms with Crippen LogP contribution in [0.5, 0.6) is 0 Å². The van der Waals surface area contributed by atoms with Gasteiger partial charge in [0.1, 0.15) is 0 Å². The van der Waals surface area contributed by atoms with Gasteiger partial charge in [-0.3, -0.25) is 4.98 Å². The lowest BCUT2D eigenvalue weighted by atomic mass is 10.0. The van der Waals surface area contributed by atoms with Crippen molar-refractivity contribution in [2.75, 3.05) is 7.05 Å². The van der Waals surface area contributed by atoms with Crippen molar-refractivity contribution in [3.05, 3.63) is 41.1 Å². The van der Waals surface area contributed by atoms with Crippen molar-refractivity contribution >= 4 is 16.9 Å². The highest BCUT2D eigenvalue weighted by Crippen LogP contribution is 2.21. The Labute approximate surface area is 99.3 Å².